The van der Waals surface area contributed by atoms with Gasteiger partial charge in [-0.3, -0.25) is 4.90 Å². The number of nitrogens with zero attached hydrogens (tertiary/aromatic N) is 5. The van der Waals surface area contributed by atoms with Gasteiger partial charge in [-0.1, -0.05) is 20.8 Å². The topological polar surface area (TPSA) is 61.8 Å². The number of anilines is 1. The van der Waals surface area contributed by atoms with Gasteiger partial charge in [-0.2, -0.15) is 0 Å². The van der Waals surface area contributed by atoms with E-state index in [0.717, 1.165) is 56.1 Å². The van der Waals surface area contributed by atoms with E-state index in [1.54, 1.807) is 17.7 Å². The minimum absolute atomic E-state index is 0.161. The summed E-state index contributed by atoms with van der Waals surface area (Å²) in [5.74, 6) is 2.37. The zero-order valence-electron chi connectivity index (χ0n) is 22.9. The Labute approximate surface area is 220 Å². The van der Waals surface area contributed by atoms with Crippen molar-refractivity contribution < 1.29 is 9.53 Å². The average Bonchev–Trinajstić information content (AvgIpc) is 3.42. The molecule has 1 amide bonds. The fraction of sp³-hybridized carbons (Fsp3) is 0.750. The first-order valence-electron chi connectivity index (χ1n) is 13.8. The highest BCUT2D eigenvalue weighted by Gasteiger charge is 2.51. The molecule has 2 aromatic heterocycles. The molecule has 3 saturated heterocycles. The van der Waals surface area contributed by atoms with Crippen molar-refractivity contribution in [3.05, 3.63) is 17.3 Å². The van der Waals surface area contributed by atoms with Crippen LogP contribution in [0.25, 0.3) is 10.2 Å². The SMILES string of the molecule is CCc1cc2c(N3CCC4(C3)CN(C(C(C)C)C3CCN(C(=O)OC(C)(C)C)CC3)C4)ncnc2s1. The van der Waals surface area contributed by atoms with Gasteiger partial charge in [-0.05, 0) is 64.4 Å². The maximum absolute atomic E-state index is 12.5. The molecule has 1 unspecified atom stereocenters. The number of hydrogen-bond donors (Lipinski definition) is 0. The van der Waals surface area contributed by atoms with E-state index in [4.69, 9.17) is 9.72 Å². The van der Waals surface area contributed by atoms with Crippen LogP contribution in [-0.4, -0.2) is 76.8 Å². The molecule has 2 aromatic rings. The van der Waals surface area contributed by atoms with Crippen molar-refractivity contribution in [2.45, 2.75) is 78.9 Å². The molecule has 198 valence electrons. The third-order valence-electron chi connectivity index (χ3n) is 8.30. The quantitative estimate of drug-likeness (QED) is 0.531. The highest BCUT2D eigenvalue weighted by atomic mass is 32.1. The van der Waals surface area contributed by atoms with Gasteiger partial charge in [0.1, 0.15) is 22.6 Å². The van der Waals surface area contributed by atoms with Crippen molar-refractivity contribution in [3.8, 4) is 0 Å². The zero-order chi connectivity index (χ0) is 25.7. The van der Waals surface area contributed by atoms with Gasteiger partial charge in [0.25, 0.3) is 0 Å². The summed E-state index contributed by atoms with van der Waals surface area (Å²) in [7, 11) is 0. The van der Waals surface area contributed by atoms with Crippen LogP contribution in [0.15, 0.2) is 12.4 Å². The smallest absolute Gasteiger partial charge is 0.410 e. The molecule has 5 heterocycles. The van der Waals surface area contributed by atoms with E-state index in [1.165, 1.54) is 29.8 Å². The number of carbonyl (C=O) groups is 1. The zero-order valence-corrected chi connectivity index (χ0v) is 23.7. The molecule has 0 N–H and O–H groups in total. The first-order valence-corrected chi connectivity index (χ1v) is 14.6. The molecule has 3 aliphatic heterocycles. The molecule has 36 heavy (non-hydrogen) atoms. The Morgan fingerprint density at radius 1 is 1.17 bits per heavy atom. The minimum atomic E-state index is -0.436. The van der Waals surface area contributed by atoms with Crippen LogP contribution in [0.1, 0.15) is 65.7 Å². The van der Waals surface area contributed by atoms with Gasteiger partial charge in [0.2, 0.25) is 0 Å². The molecule has 0 aromatic carbocycles. The normalized spacial score (nSPS) is 22.0. The Balaban J connectivity index is 1.19. The molecule has 0 bridgehead atoms. The lowest BCUT2D eigenvalue weighted by atomic mass is 9.73. The standard InChI is InChI=1S/C28H43N5O2S/c1-7-21-14-22-24(29-18-30-25(22)36-21)32-13-10-28(15-32)16-33(17-28)23(19(2)3)20-8-11-31(12-9-20)26(34)35-27(4,5)6/h14,18-20,23H,7-13,15-17H2,1-6H3. The number of rotatable bonds is 5. The van der Waals surface area contributed by atoms with Crippen LogP contribution in [-0.2, 0) is 11.2 Å². The molecular weight excluding hydrogens is 470 g/mol. The predicted molar refractivity (Wildman–Crippen MR) is 147 cm³/mol. The van der Waals surface area contributed by atoms with Gasteiger partial charge < -0.3 is 14.5 Å². The highest BCUT2D eigenvalue weighted by Crippen LogP contribution is 2.45. The van der Waals surface area contributed by atoms with Crippen molar-refractivity contribution in [2.75, 3.05) is 44.2 Å². The van der Waals surface area contributed by atoms with E-state index in [-0.39, 0.29) is 6.09 Å². The Morgan fingerprint density at radius 2 is 1.89 bits per heavy atom. The predicted octanol–water partition coefficient (Wildman–Crippen LogP) is 5.44. The molecule has 0 saturated carbocycles. The van der Waals surface area contributed by atoms with Crippen LogP contribution in [0.2, 0.25) is 0 Å². The molecular formula is C28H43N5O2S. The maximum atomic E-state index is 12.5. The Hall–Kier alpha value is -1.93. The summed E-state index contributed by atoms with van der Waals surface area (Å²) in [5, 5.41) is 1.23. The number of likely N-dealkylation sites (tertiary alicyclic amines) is 2. The van der Waals surface area contributed by atoms with Gasteiger partial charge in [-0.15, -0.1) is 11.3 Å². The molecule has 1 spiro atoms. The second-order valence-corrected chi connectivity index (χ2v) is 13.7. The van der Waals surface area contributed by atoms with Crippen molar-refractivity contribution in [1.29, 1.82) is 0 Å². The van der Waals surface area contributed by atoms with Crippen molar-refractivity contribution >= 4 is 33.5 Å². The Kier molecular flexibility index (Phi) is 6.96. The monoisotopic (exact) mass is 513 g/mol. The number of thiophene rings is 1. The minimum Gasteiger partial charge on any atom is -0.444 e. The van der Waals surface area contributed by atoms with E-state index in [2.05, 4.69) is 41.6 Å². The van der Waals surface area contributed by atoms with E-state index in [9.17, 15) is 4.79 Å². The molecule has 7 nitrogen and oxygen atoms in total. The van der Waals surface area contributed by atoms with Gasteiger partial charge in [0, 0.05) is 55.6 Å². The summed E-state index contributed by atoms with van der Waals surface area (Å²) in [6.07, 6.45) is 5.99. The Bertz CT molecular complexity index is 1080. The van der Waals surface area contributed by atoms with Gasteiger partial charge in [0.15, 0.2) is 0 Å². The number of carbonyl (C=O) groups excluding carboxylic acids is 1. The molecule has 3 fully saturated rings. The highest BCUT2D eigenvalue weighted by molar-refractivity contribution is 7.18. The van der Waals surface area contributed by atoms with Gasteiger partial charge in [-0.25, -0.2) is 14.8 Å². The van der Waals surface area contributed by atoms with Crippen LogP contribution in [0.3, 0.4) is 0 Å². The lowest BCUT2D eigenvalue weighted by Gasteiger charge is -2.55. The number of aromatic nitrogens is 2. The molecule has 1 atom stereocenters. The molecule has 0 aliphatic carbocycles. The largest absolute Gasteiger partial charge is 0.444 e. The van der Waals surface area contributed by atoms with Crippen LogP contribution >= 0.6 is 11.3 Å². The third kappa shape index (κ3) is 5.08. The number of aryl methyl sites for hydroxylation is 1. The van der Waals surface area contributed by atoms with Gasteiger partial charge >= 0.3 is 6.09 Å². The number of ether oxygens (including phenoxy) is 1. The van der Waals surface area contributed by atoms with E-state index in [1.807, 2.05) is 25.7 Å². The van der Waals surface area contributed by atoms with Crippen LogP contribution in [0.4, 0.5) is 10.6 Å². The lowest BCUT2D eigenvalue weighted by molar-refractivity contribution is -0.0610. The number of fused-ring (bicyclic) bond motifs is 1. The second kappa shape index (κ2) is 9.75. The summed E-state index contributed by atoms with van der Waals surface area (Å²) in [5.41, 5.74) is -0.0555. The summed E-state index contributed by atoms with van der Waals surface area (Å²) in [6.45, 7) is 18.9. The lowest BCUT2D eigenvalue weighted by Crippen LogP contribution is -2.64. The van der Waals surface area contributed by atoms with Crippen LogP contribution in [0.5, 0.6) is 0 Å². The number of amides is 1. The third-order valence-corrected chi connectivity index (χ3v) is 9.49. The summed E-state index contributed by atoms with van der Waals surface area (Å²) < 4.78 is 5.61. The molecule has 3 aliphatic rings. The van der Waals surface area contributed by atoms with E-state index < -0.39 is 5.60 Å². The van der Waals surface area contributed by atoms with Crippen molar-refractivity contribution in [3.63, 3.8) is 0 Å². The first kappa shape index (κ1) is 25.7. The fourth-order valence-electron chi connectivity index (χ4n) is 6.73. The number of piperidine rings is 1. The number of hydrogen-bond acceptors (Lipinski definition) is 7. The fourth-order valence-corrected chi connectivity index (χ4v) is 7.66. The molecule has 5 rings (SSSR count). The summed E-state index contributed by atoms with van der Waals surface area (Å²) in [4.78, 5) is 31.4. The summed E-state index contributed by atoms with van der Waals surface area (Å²) >= 11 is 1.80. The van der Waals surface area contributed by atoms with E-state index in [0.29, 0.717) is 23.3 Å². The van der Waals surface area contributed by atoms with Crippen LogP contribution < -0.4 is 4.90 Å². The molecule has 0 radical (unpaired) electrons. The van der Waals surface area contributed by atoms with E-state index >= 15 is 0 Å². The van der Waals surface area contributed by atoms with Crippen molar-refractivity contribution in [1.82, 2.24) is 19.8 Å². The maximum Gasteiger partial charge on any atom is 0.410 e. The van der Waals surface area contributed by atoms with Crippen LogP contribution in [0, 0.1) is 17.3 Å². The first-order chi connectivity index (χ1) is 17.1. The average molecular weight is 514 g/mol. The molecule has 8 heteroatoms. The van der Waals surface area contributed by atoms with Crippen molar-refractivity contribution in [2.24, 2.45) is 17.3 Å². The summed E-state index contributed by atoms with van der Waals surface area (Å²) in [6, 6.07) is 2.88. The Morgan fingerprint density at radius 3 is 2.53 bits per heavy atom. The second-order valence-electron chi connectivity index (χ2n) is 12.6. The van der Waals surface area contributed by atoms with Gasteiger partial charge in [0.05, 0.1) is 5.39 Å².